The van der Waals surface area contributed by atoms with Crippen LogP contribution in [0.3, 0.4) is 0 Å². The van der Waals surface area contributed by atoms with Crippen LogP contribution in [0.2, 0.25) is 5.02 Å². The number of esters is 1. The maximum Gasteiger partial charge on any atom is 0.416 e. The van der Waals surface area contributed by atoms with Gasteiger partial charge >= 0.3 is 12.1 Å². The highest BCUT2D eigenvalue weighted by Gasteiger charge is 2.36. The second-order valence-electron chi connectivity index (χ2n) is 9.53. The number of nitrogens with zero attached hydrogens (tertiary/aromatic N) is 1. The summed E-state index contributed by atoms with van der Waals surface area (Å²) in [7, 11) is -3.78. The molecule has 38 heavy (non-hydrogen) atoms. The number of alkyl halides is 3. The van der Waals surface area contributed by atoms with Gasteiger partial charge < -0.3 is 10.1 Å². The van der Waals surface area contributed by atoms with Crippen LogP contribution >= 0.6 is 11.6 Å². The van der Waals surface area contributed by atoms with E-state index in [4.69, 9.17) is 16.3 Å². The molecule has 0 aliphatic carbocycles. The fourth-order valence-electron chi connectivity index (χ4n) is 4.38. The number of anilines is 1. The Bertz CT molecular complexity index is 1330. The number of amides is 1. The van der Waals surface area contributed by atoms with Crippen molar-refractivity contribution in [3.8, 4) is 0 Å². The lowest BCUT2D eigenvalue weighted by Gasteiger charge is -2.31. The molecular weight excluding hydrogens is 545 g/mol. The number of hydrogen-bond acceptors (Lipinski definition) is 5. The average molecular weight is 575 g/mol. The van der Waals surface area contributed by atoms with Crippen LogP contribution < -0.4 is 5.32 Å². The zero-order valence-corrected chi connectivity index (χ0v) is 23.3. The van der Waals surface area contributed by atoms with Crippen molar-refractivity contribution in [2.75, 3.05) is 18.4 Å². The van der Waals surface area contributed by atoms with Gasteiger partial charge in [-0.05, 0) is 87.9 Å². The first kappa shape index (κ1) is 29.9. The number of aryl methyl sites for hydroxylation is 2. The van der Waals surface area contributed by atoms with Crippen LogP contribution in [-0.2, 0) is 30.5 Å². The zero-order chi connectivity index (χ0) is 28.6. The molecule has 0 bridgehead atoms. The van der Waals surface area contributed by atoms with Gasteiger partial charge in [-0.2, -0.15) is 17.5 Å². The molecule has 2 aromatic carbocycles. The lowest BCUT2D eigenvalue weighted by atomic mass is 9.98. The molecule has 1 aliphatic heterocycles. The molecule has 12 heteroatoms. The molecule has 0 aromatic heterocycles. The van der Waals surface area contributed by atoms with Gasteiger partial charge in [0.15, 0.2) is 6.10 Å². The minimum absolute atomic E-state index is 0.104. The van der Waals surface area contributed by atoms with Gasteiger partial charge in [0.05, 0.1) is 27.1 Å². The highest BCUT2D eigenvalue weighted by atomic mass is 35.5. The highest BCUT2D eigenvalue weighted by Crippen LogP contribution is 2.34. The van der Waals surface area contributed by atoms with Crippen molar-refractivity contribution in [2.24, 2.45) is 5.92 Å². The van der Waals surface area contributed by atoms with Gasteiger partial charge in [0.2, 0.25) is 10.0 Å². The van der Waals surface area contributed by atoms with E-state index < -0.39 is 45.7 Å². The summed E-state index contributed by atoms with van der Waals surface area (Å²) in [6, 6.07) is 4.45. The largest absolute Gasteiger partial charge is 0.452 e. The summed E-state index contributed by atoms with van der Waals surface area (Å²) in [5, 5.41) is 2.16. The van der Waals surface area contributed by atoms with E-state index in [1.54, 1.807) is 13.8 Å². The van der Waals surface area contributed by atoms with E-state index in [0.717, 1.165) is 23.3 Å². The van der Waals surface area contributed by atoms with E-state index in [9.17, 15) is 31.2 Å². The molecular formula is C26H30ClF3N2O5S. The minimum Gasteiger partial charge on any atom is -0.452 e. The maximum absolute atomic E-state index is 13.4. The Morgan fingerprint density at radius 2 is 1.61 bits per heavy atom. The Kier molecular flexibility index (Phi) is 8.84. The first-order valence-corrected chi connectivity index (χ1v) is 13.8. The molecule has 208 valence electrons. The first-order valence-electron chi connectivity index (χ1n) is 12.0. The number of rotatable bonds is 6. The molecule has 1 saturated heterocycles. The van der Waals surface area contributed by atoms with Gasteiger partial charge in [-0.25, -0.2) is 8.42 Å². The quantitative estimate of drug-likeness (QED) is 0.456. The molecule has 0 radical (unpaired) electrons. The van der Waals surface area contributed by atoms with Crippen molar-refractivity contribution in [1.29, 1.82) is 0 Å². The van der Waals surface area contributed by atoms with E-state index in [2.05, 4.69) is 5.32 Å². The SMILES string of the molecule is Cc1cc(C)c(C)c(S(=O)(=O)N2CCC(C(=O)OC(C)C(=O)Nc3cc(C(F)(F)F)ccc3Cl)CC2)c1C. The number of carbonyl (C=O) groups is 2. The molecule has 1 fully saturated rings. The second-order valence-corrected chi connectivity index (χ2v) is 11.8. The molecule has 1 amide bonds. The van der Waals surface area contributed by atoms with E-state index in [-0.39, 0.29) is 41.5 Å². The summed E-state index contributed by atoms with van der Waals surface area (Å²) >= 11 is 5.91. The van der Waals surface area contributed by atoms with Crippen molar-refractivity contribution >= 4 is 39.2 Å². The standard InChI is InChI=1S/C26H30ClF3N2O5S/c1-14-12-15(2)17(4)23(16(14)3)38(35,36)32-10-8-19(9-11-32)25(34)37-18(5)24(33)31-22-13-20(26(28,29)30)6-7-21(22)27/h6-7,12-13,18-19H,8-11H2,1-5H3,(H,31,33). The summed E-state index contributed by atoms with van der Waals surface area (Å²) in [5.74, 6) is -2.16. The Morgan fingerprint density at radius 1 is 1.05 bits per heavy atom. The van der Waals surface area contributed by atoms with E-state index in [1.165, 1.54) is 11.2 Å². The van der Waals surface area contributed by atoms with Gasteiger partial charge in [-0.1, -0.05) is 17.7 Å². The van der Waals surface area contributed by atoms with Crippen LogP contribution in [0.15, 0.2) is 29.2 Å². The monoisotopic (exact) mass is 574 g/mol. The molecule has 0 spiro atoms. The number of halogens is 4. The van der Waals surface area contributed by atoms with Crippen LogP contribution in [0.1, 0.15) is 47.6 Å². The number of carbonyl (C=O) groups excluding carboxylic acids is 2. The van der Waals surface area contributed by atoms with Gasteiger partial charge in [0, 0.05) is 13.1 Å². The van der Waals surface area contributed by atoms with Crippen molar-refractivity contribution in [3.05, 3.63) is 57.1 Å². The van der Waals surface area contributed by atoms with Crippen molar-refractivity contribution in [2.45, 2.75) is 64.6 Å². The third-order valence-electron chi connectivity index (χ3n) is 6.90. The third-order valence-corrected chi connectivity index (χ3v) is 9.40. The third kappa shape index (κ3) is 6.32. The second kappa shape index (κ2) is 11.2. The molecule has 1 atom stereocenters. The van der Waals surface area contributed by atoms with Crippen molar-refractivity contribution in [1.82, 2.24) is 4.31 Å². The lowest BCUT2D eigenvalue weighted by molar-refractivity contribution is -0.158. The van der Waals surface area contributed by atoms with Crippen LogP contribution in [0.5, 0.6) is 0 Å². The van der Waals surface area contributed by atoms with Crippen molar-refractivity contribution < 1.29 is 35.9 Å². The molecule has 1 unspecified atom stereocenters. The molecule has 7 nitrogen and oxygen atoms in total. The van der Waals surface area contributed by atoms with Crippen LogP contribution in [0, 0.1) is 33.6 Å². The van der Waals surface area contributed by atoms with Gasteiger partial charge in [-0.3, -0.25) is 9.59 Å². The summed E-state index contributed by atoms with van der Waals surface area (Å²) < 4.78 is 72.4. The molecule has 3 rings (SSSR count). The number of piperidine rings is 1. The summed E-state index contributed by atoms with van der Waals surface area (Å²) in [6.07, 6.45) is -5.53. The normalized spacial score (nSPS) is 16.2. The molecule has 1 aliphatic rings. The number of ether oxygens (including phenoxy) is 1. The van der Waals surface area contributed by atoms with E-state index in [0.29, 0.717) is 17.2 Å². The maximum atomic E-state index is 13.4. The number of sulfonamides is 1. The van der Waals surface area contributed by atoms with Crippen LogP contribution in [0.4, 0.5) is 18.9 Å². The Labute approximate surface area is 225 Å². The Hall–Kier alpha value is -2.63. The van der Waals surface area contributed by atoms with Crippen molar-refractivity contribution in [3.63, 3.8) is 0 Å². The van der Waals surface area contributed by atoms with Gasteiger partial charge in [-0.15, -0.1) is 0 Å². The minimum atomic E-state index is -4.62. The predicted octanol–water partition coefficient (Wildman–Crippen LogP) is 5.56. The van der Waals surface area contributed by atoms with Gasteiger partial charge in [0.1, 0.15) is 0 Å². The number of benzene rings is 2. The smallest absolute Gasteiger partial charge is 0.416 e. The zero-order valence-electron chi connectivity index (χ0n) is 21.7. The Morgan fingerprint density at radius 3 is 2.13 bits per heavy atom. The average Bonchev–Trinajstić information content (AvgIpc) is 2.83. The lowest BCUT2D eigenvalue weighted by Crippen LogP contribution is -2.42. The molecule has 2 aromatic rings. The van der Waals surface area contributed by atoms with Crippen LogP contribution in [0.25, 0.3) is 0 Å². The Balaban J connectivity index is 1.63. The number of hydrogen-bond donors (Lipinski definition) is 1. The fourth-order valence-corrected chi connectivity index (χ4v) is 6.59. The van der Waals surface area contributed by atoms with Crippen LogP contribution in [-0.4, -0.2) is 43.8 Å². The fraction of sp³-hybridized carbons (Fsp3) is 0.462. The van der Waals surface area contributed by atoms with E-state index >= 15 is 0 Å². The first-order chi connectivity index (χ1) is 17.5. The predicted molar refractivity (Wildman–Crippen MR) is 138 cm³/mol. The van der Waals surface area contributed by atoms with E-state index in [1.807, 2.05) is 19.9 Å². The highest BCUT2D eigenvalue weighted by molar-refractivity contribution is 7.89. The molecule has 1 N–H and O–H groups in total. The number of nitrogens with one attached hydrogen (secondary N) is 1. The summed E-state index contributed by atoms with van der Waals surface area (Å²) in [6.45, 7) is 8.78. The summed E-state index contributed by atoms with van der Waals surface area (Å²) in [5.41, 5.74) is 1.89. The van der Waals surface area contributed by atoms with Gasteiger partial charge in [0.25, 0.3) is 5.91 Å². The summed E-state index contributed by atoms with van der Waals surface area (Å²) in [4.78, 5) is 25.5. The topological polar surface area (TPSA) is 92.8 Å². The molecule has 0 saturated carbocycles. The molecule has 1 heterocycles.